The Morgan fingerprint density at radius 1 is 0.694 bits per heavy atom. The predicted molar refractivity (Wildman–Crippen MR) is 152 cm³/mol. The van der Waals surface area contributed by atoms with Crippen LogP contribution in [-0.4, -0.2) is 17.2 Å². The van der Waals surface area contributed by atoms with Crippen molar-refractivity contribution in [3.05, 3.63) is 60.2 Å². The first-order valence-corrected chi connectivity index (χ1v) is 14.4. The van der Waals surface area contributed by atoms with E-state index in [0.717, 1.165) is 39.9 Å². The first kappa shape index (κ1) is 28.2. The molecule has 1 unspecified atom stereocenters. The van der Waals surface area contributed by atoms with Gasteiger partial charge in [-0.1, -0.05) is 145 Å². The number of carbonyl (C=O) groups excluding carboxylic acids is 1. The average Bonchev–Trinajstić information content (AvgIpc) is 2.90. The molecule has 0 radical (unpaired) electrons. The molecule has 0 fully saturated rings. The zero-order valence-electron chi connectivity index (χ0n) is 22.4. The topological polar surface area (TPSA) is 46.5 Å². The van der Waals surface area contributed by atoms with E-state index in [-0.39, 0.29) is 6.61 Å². The second-order valence-electron chi connectivity index (χ2n) is 10.3. The number of aliphatic hydroxyl groups is 1. The van der Waals surface area contributed by atoms with E-state index >= 15 is 0 Å². The van der Waals surface area contributed by atoms with Crippen molar-refractivity contribution in [1.82, 2.24) is 0 Å². The maximum atomic E-state index is 12.5. The molecular formula is C33H46O3. The fraction of sp³-hybridized carbons (Fsp3) is 0.545. The highest BCUT2D eigenvalue weighted by molar-refractivity contribution is 6.02. The number of esters is 1. The minimum Gasteiger partial charge on any atom is -0.459 e. The van der Waals surface area contributed by atoms with Gasteiger partial charge in [-0.15, -0.1) is 0 Å². The summed E-state index contributed by atoms with van der Waals surface area (Å²) in [5.41, 5.74) is 1.00. The average molecular weight is 491 g/mol. The molecule has 36 heavy (non-hydrogen) atoms. The molecule has 1 N–H and O–H groups in total. The normalized spacial score (nSPS) is 12.3. The fourth-order valence-corrected chi connectivity index (χ4v) is 5.15. The molecular weight excluding hydrogens is 444 g/mol. The molecule has 0 amide bonds. The summed E-state index contributed by atoms with van der Waals surface area (Å²) in [6.07, 6.45) is 17.5. The lowest BCUT2D eigenvalue weighted by Gasteiger charge is -2.14. The highest BCUT2D eigenvalue weighted by Crippen LogP contribution is 2.29. The summed E-state index contributed by atoms with van der Waals surface area (Å²) in [5.74, 6) is -0.512. The molecule has 0 aromatic heterocycles. The highest BCUT2D eigenvalue weighted by atomic mass is 16.5. The van der Waals surface area contributed by atoms with Crippen LogP contribution < -0.4 is 0 Å². The van der Waals surface area contributed by atoms with Crippen molar-refractivity contribution < 1.29 is 14.6 Å². The summed E-state index contributed by atoms with van der Waals surface area (Å²) in [5, 5.41) is 14.8. The van der Waals surface area contributed by atoms with Crippen LogP contribution in [0.25, 0.3) is 21.5 Å². The summed E-state index contributed by atoms with van der Waals surface area (Å²) < 4.78 is 5.59. The molecule has 0 aliphatic carbocycles. The lowest BCUT2D eigenvalue weighted by Crippen LogP contribution is -2.23. The summed E-state index contributed by atoms with van der Waals surface area (Å²) in [6.45, 7) is 2.45. The van der Waals surface area contributed by atoms with Gasteiger partial charge in [0.2, 0.25) is 0 Å². The van der Waals surface area contributed by atoms with Gasteiger partial charge in [0.05, 0.1) is 0 Å². The van der Waals surface area contributed by atoms with E-state index in [1.54, 1.807) is 0 Å². The molecule has 196 valence electrons. The second-order valence-corrected chi connectivity index (χ2v) is 10.3. The Hall–Kier alpha value is -2.39. The Morgan fingerprint density at radius 3 is 1.64 bits per heavy atom. The standard InChI is InChI=1S/C33H46O3/c1-2-3-4-5-6-7-8-9-10-11-12-13-14-15-24-32(34)33(35)36-26-31-29-22-18-16-20-27(29)25-28-21-17-19-23-30(28)31/h16-23,25,32,34H,2-15,24,26H2,1H3. The molecule has 3 aromatic carbocycles. The first-order chi connectivity index (χ1) is 17.7. The van der Waals surface area contributed by atoms with Crippen molar-refractivity contribution in [2.24, 2.45) is 0 Å². The van der Waals surface area contributed by atoms with Gasteiger partial charge in [0.15, 0.2) is 6.10 Å². The van der Waals surface area contributed by atoms with Crippen LogP contribution >= 0.6 is 0 Å². The van der Waals surface area contributed by atoms with Crippen LogP contribution in [0.1, 0.15) is 109 Å². The van der Waals surface area contributed by atoms with Crippen molar-refractivity contribution in [3.63, 3.8) is 0 Å². The number of ether oxygens (including phenoxy) is 1. The SMILES string of the molecule is CCCCCCCCCCCCCCCCC(O)C(=O)OCc1c2ccccc2cc2ccccc12. The van der Waals surface area contributed by atoms with Crippen molar-refractivity contribution in [2.75, 3.05) is 0 Å². The van der Waals surface area contributed by atoms with Crippen LogP contribution in [0.15, 0.2) is 54.6 Å². The highest BCUT2D eigenvalue weighted by Gasteiger charge is 2.17. The maximum Gasteiger partial charge on any atom is 0.335 e. The number of benzene rings is 3. The number of hydrogen-bond donors (Lipinski definition) is 1. The molecule has 0 spiro atoms. The van der Waals surface area contributed by atoms with Crippen molar-refractivity contribution >= 4 is 27.5 Å². The third-order valence-corrected chi connectivity index (χ3v) is 7.34. The van der Waals surface area contributed by atoms with Crippen LogP contribution in [0.5, 0.6) is 0 Å². The Labute approximate surface area is 218 Å². The van der Waals surface area contributed by atoms with Gasteiger partial charge < -0.3 is 9.84 Å². The van der Waals surface area contributed by atoms with E-state index in [0.29, 0.717) is 6.42 Å². The van der Waals surface area contributed by atoms with Crippen LogP contribution in [0.4, 0.5) is 0 Å². The smallest absolute Gasteiger partial charge is 0.335 e. The van der Waals surface area contributed by atoms with Crippen LogP contribution in [-0.2, 0) is 16.1 Å². The van der Waals surface area contributed by atoms with Gasteiger partial charge in [0.1, 0.15) is 6.61 Å². The Morgan fingerprint density at radius 2 is 1.14 bits per heavy atom. The molecule has 3 heteroatoms. The zero-order chi connectivity index (χ0) is 25.4. The van der Waals surface area contributed by atoms with E-state index < -0.39 is 12.1 Å². The quantitative estimate of drug-likeness (QED) is 0.110. The van der Waals surface area contributed by atoms with Gasteiger partial charge in [-0.2, -0.15) is 0 Å². The molecule has 0 saturated heterocycles. The van der Waals surface area contributed by atoms with Crippen LogP contribution in [0.2, 0.25) is 0 Å². The Bertz CT molecular complexity index is 987. The minimum absolute atomic E-state index is 0.177. The van der Waals surface area contributed by atoms with E-state index in [9.17, 15) is 9.90 Å². The number of rotatable bonds is 18. The summed E-state index contributed by atoms with van der Waals surface area (Å²) in [6, 6.07) is 18.5. The lowest BCUT2D eigenvalue weighted by atomic mass is 9.97. The minimum atomic E-state index is -1.04. The van der Waals surface area contributed by atoms with Crippen molar-refractivity contribution in [2.45, 2.75) is 116 Å². The summed E-state index contributed by atoms with van der Waals surface area (Å²) >= 11 is 0. The van der Waals surface area contributed by atoms with E-state index in [1.165, 1.54) is 77.0 Å². The molecule has 0 bridgehead atoms. The molecule has 3 rings (SSSR count). The number of carbonyl (C=O) groups is 1. The third kappa shape index (κ3) is 9.24. The number of aliphatic hydroxyl groups excluding tert-OH is 1. The van der Waals surface area contributed by atoms with Gasteiger partial charge in [-0.3, -0.25) is 0 Å². The first-order valence-electron chi connectivity index (χ1n) is 14.4. The Balaban J connectivity index is 1.29. The predicted octanol–water partition coefficient (Wildman–Crippen LogP) is 9.27. The third-order valence-electron chi connectivity index (χ3n) is 7.34. The zero-order valence-corrected chi connectivity index (χ0v) is 22.4. The van der Waals surface area contributed by atoms with Gasteiger partial charge >= 0.3 is 5.97 Å². The second kappa shape index (κ2) is 16.4. The van der Waals surface area contributed by atoms with Gasteiger partial charge in [-0.05, 0) is 34.0 Å². The molecule has 3 aromatic rings. The van der Waals surface area contributed by atoms with E-state index in [2.05, 4.69) is 37.3 Å². The monoisotopic (exact) mass is 490 g/mol. The van der Waals surface area contributed by atoms with Gasteiger partial charge in [-0.25, -0.2) is 4.79 Å². The lowest BCUT2D eigenvalue weighted by molar-refractivity contribution is -0.155. The van der Waals surface area contributed by atoms with E-state index in [4.69, 9.17) is 4.74 Å². The fourth-order valence-electron chi connectivity index (χ4n) is 5.15. The molecule has 1 atom stereocenters. The van der Waals surface area contributed by atoms with Crippen LogP contribution in [0, 0.1) is 0 Å². The number of fused-ring (bicyclic) bond motifs is 2. The van der Waals surface area contributed by atoms with Crippen molar-refractivity contribution in [1.29, 1.82) is 0 Å². The van der Waals surface area contributed by atoms with Gasteiger partial charge in [0.25, 0.3) is 0 Å². The number of hydrogen-bond acceptors (Lipinski definition) is 3. The maximum absolute atomic E-state index is 12.5. The molecule has 0 aliphatic heterocycles. The number of unbranched alkanes of at least 4 members (excludes halogenated alkanes) is 13. The molecule has 3 nitrogen and oxygen atoms in total. The molecule has 0 heterocycles. The molecule has 0 aliphatic rings. The summed E-state index contributed by atoms with van der Waals surface area (Å²) in [7, 11) is 0. The summed E-state index contributed by atoms with van der Waals surface area (Å²) in [4.78, 5) is 12.5. The molecule has 0 saturated carbocycles. The van der Waals surface area contributed by atoms with Crippen molar-refractivity contribution in [3.8, 4) is 0 Å². The largest absolute Gasteiger partial charge is 0.459 e. The van der Waals surface area contributed by atoms with E-state index in [1.807, 2.05) is 24.3 Å². The van der Waals surface area contributed by atoms with Gasteiger partial charge in [0, 0.05) is 5.56 Å². The Kier molecular flexibility index (Phi) is 12.8. The van der Waals surface area contributed by atoms with Crippen LogP contribution in [0.3, 0.4) is 0 Å².